The van der Waals surface area contributed by atoms with Gasteiger partial charge in [0.05, 0.1) is 17.1 Å². The zero-order valence-electron chi connectivity index (χ0n) is 22.9. The third-order valence-corrected chi connectivity index (χ3v) is 8.87. The normalized spacial score (nSPS) is 21.0. The summed E-state index contributed by atoms with van der Waals surface area (Å²) in [7, 11) is -6.31. The zero-order chi connectivity index (χ0) is 30.3. The van der Waals surface area contributed by atoms with Crippen molar-refractivity contribution in [3.8, 4) is 11.5 Å². The van der Waals surface area contributed by atoms with E-state index in [4.69, 9.17) is 21.1 Å². The molecule has 4 rings (SSSR count). The highest BCUT2D eigenvalue weighted by atomic mass is 35.5. The fourth-order valence-electron chi connectivity index (χ4n) is 4.70. The second-order valence-electron chi connectivity index (χ2n) is 10.5. The topological polar surface area (TPSA) is 111 Å². The minimum absolute atomic E-state index is 0.0250. The monoisotopic (exact) mass is 640 g/mol. The maximum atomic E-state index is 12.5. The number of sulfone groups is 2. The second-order valence-corrected chi connectivity index (χ2v) is 15.3. The van der Waals surface area contributed by atoms with Gasteiger partial charge in [-0.3, -0.25) is 0 Å². The van der Waals surface area contributed by atoms with Crippen LogP contribution in [0.25, 0.3) is 0 Å². The van der Waals surface area contributed by atoms with Crippen molar-refractivity contribution in [2.75, 3.05) is 50.2 Å². The highest BCUT2D eigenvalue weighted by molar-refractivity contribution is 7.90. The summed E-state index contributed by atoms with van der Waals surface area (Å²) in [4.78, 5) is 0. The molecule has 0 bridgehead atoms. The number of halogens is 4. The zero-order valence-corrected chi connectivity index (χ0v) is 25.3. The van der Waals surface area contributed by atoms with Crippen LogP contribution in [0.5, 0.6) is 11.5 Å². The van der Waals surface area contributed by atoms with Crippen LogP contribution in [-0.2, 0) is 25.9 Å². The van der Waals surface area contributed by atoms with Crippen molar-refractivity contribution in [2.24, 2.45) is 11.8 Å². The Kier molecular flexibility index (Phi) is 11.8. The van der Waals surface area contributed by atoms with Gasteiger partial charge in [-0.15, -0.1) is 0 Å². The van der Waals surface area contributed by atoms with Gasteiger partial charge < -0.3 is 20.1 Å². The summed E-state index contributed by atoms with van der Waals surface area (Å²) in [6.07, 6.45) is -1.20. The van der Waals surface area contributed by atoms with Gasteiger partial charge in [0.2, 0.25) is 0 Å². The minimum Gasteiger partial charge on any atom is -0.489 e. The summed E-state index contributed by atoms with van der Waals surface area (Å²) >= 11 is 5.82. The van der Waals surface area contributed by atoms with Crippen LogP contribution < -0.4 is 20.1 Å². The Hall–Kier alpha value is -2.06. The number of ether oxygens (including phenoxy) is 2. The van der Waals surface area contributed by atoms with Gasteiger partial charge in [-0.2, -0.15) is 13.2 Å². The van der Waals surface area contributed by atoms with E-state index in [1.807, 2.05) is 0 Å². The molecule has 4 atom stereocenters. The van der Waals surface area contributed by atoms with E-state index in [0.717, 1.165) is 50.9 Å². The molecular weight excluding hydrogens is 605 g/mol. The fraction of sp³-hybridized carbons (Fsp3) is 0.556. The predicted octanol–water partition coefficient (Wildman–Crippen LogP) is 3.85. The lowest BCUT2D eigenvalue weighted by Crippen LogP contribution is -2.35. The van der Waals surface area contributed by atoms with Crippen LogP contribution >= 0.6 is 11.6 Å². The lowest BCUT2D eigenvalue weighted by molar-refractivity contribution is -0.137. The molecule has 2 aliphatic rings. The Morgan fingerprint density at radius 2 is 1.17 bits per heavy atom. The first-order chi connectivity index (χ1) is 19.1. The maximum absolute atomic E-state index is 12.5. The SMILES string of the molecule is CS(=O)(=O)C[C@@H](Oc1ccc(C(F)(F)F)cc1)[C@@H]1CCNC1.CS(=O)(=O)C[C@H](Oc1ccc(Cl)cc1)[C@H]1CCNC1. The summed E-state index contributed by atoms with van der Waals surface area (Å²) < 4.78 is 95.2. The molecule has 2 aromatic rings. The lowest BCUT2D eigenvalue weighted by atomic mass is 10.0. The van der Waals surface area contributed by atoms with Gasteiger partial charge in [-0.1, -0.05) is 11.6 Å². The van der Waals surface area contributed by atoms with Crippen LogP contribution in [0.15, 0.2) is 48.5 Å². The minimum atomic E-state index is -4.40. The Morgan fingerprint density at radius 3 is 1.49 bits per heavy atom. The average molecular weight is 641 g/mol. The molecule has 230 valence electrons. The molecule has 2 aliphatic heterocycles. The van der Waals surface area contributed by atoms with Crippen molar-refractivity contribution in [3.05, 3.63) is 59.1 Å². The van der Waals surface area contributed by atoms with Crippen LogP contribution in [0.1, 0.15) is 18.4 Å². The molecule has 2 N–H and O–H groups in total. The standard InChI is InChI=1S/C14H18F3NO3S.C13H18ClNO3S/c1-22(19,20)9-13(10-6-7-18-8-10)21-12-4-2-11(3-5-12)14(15,16)17;1-19(16,17)9-13(10-6-7-15-8-10)18-12-4-2-11(14)3-5-12/h2-5,10,13,18H,6-9H2,1H3;2-5,10,13,15H,6-9H2,1H3/t2*10-,13-/m10/s1. The highest BCUT2D eigenvalue weighted by Crippen LogP contribution is 2.31. The van der Waals surface area contributed by atoms with Crippen molar-refractivity contribution < 1.29 is 39.5 Å². The number of nitrogens with one attached hydrogen (secondary N) is 2. The number of benzene rings is 2. The molecule has 2 heterocycles. The van der Waals surface area contributed by atoms with Crippen LogP contribution in [0.2, 0.25) is 5.02 Å². The van der Waals surface area contributed by atoms with E-state index in [9.17, 15) is 30.0 Å². The molecule has 41 heavy (non-hydrogen) atoms. The van der Waals surface area contributed by atoms with E-state index in [1.54, 1.807) is 24.3 Å². The summed E-state index contributed by atoms with van der Waals surface area (Å²) in [6.45, 7) is 3.13. The first-order valence-electron chi connectivity index (χ1n) is 13.1. The van der Waals surface area contributed by atoms with Crippen LogP contribution in [0, 0.1) is 11.8 Å². The summed E-state index contributed by atoms with van der Waals surface area (Å²) in [5.74, 6) is 1.04. The molecule has 2 saturated heterocycles. The molecular formula is C27H36ClF3N2O6S2. The van der Waals surface area contributed by atoms with E-state index in [1.165, 1.54) is 18.4 Å². The molecule has 8 nitrogen and oxygen atoms in total. The molecule has 0 unspecified atom stereocenters. The first kappa shape index (κ1) is 33.4. The quantitative estimate of drug-likeness (QED) is 0.403. The van der Waals surface area contributed by atoms with Gasteiger partial charge in [0.1, 0.15) is 23.7 Å². The van der Waals surface area contributed by atoms with Gasteiger partial charge in [-0.25, -0.2) is 16.8 Å². The number of rotatable bonds is 10. The van der Waals surface area contributed by atoms with Gasteiger partial charge in [-0.05, 0) is 74.5 Å². The highest BCUT2D eigenvalue weighted by Gasteiger charge is 2.32. The number of hydrogen-bond acceptors (Lipinski definition) is 8. The summed E-state index contributed by atoms with van der Waals surface area (Å²) in [5, 5.41) is 7.00. The summed E-state index contributed by atoms with van der Waals surface area (Å²) in [6, 6.07) is 11.3. The Balaban J connectivity index is 0.000000228. The molecule has 0 saturated carbocycles. The van der Waals surface area contributed by atoms with Crippen LogP contribution in [0.3, 0.4) is 0 Å². The van der Waals surface area contributed by atoms with E-state index < -0.39 is 37.5 Å². The first-order valence-corrected chi connectivity index (χ1v) is 17.6. The van der Waals surface area contributed by atoms with E-state index in [2.05, 4.69) is 10.6 Å². The van der Waals surface area contributed by atoms with Crippen LogP contribution in [0.4, 0.5) is 13.2 Å². The Bertz CT molecular complexity index is 1310. The second kappa shape index (κ2) is 14.4. The van der Waals surface area contributed by atoms with Crippen molar-refractivity contribution in [1.82, 2.24) is 10.6 Å². The van der Waals surface area contributed by atoms with Crippen molar-refractivity contribution in [1.29, 1.82) is 0 Å². The van der Waals surface area contributed by atoms with E-state index in [0.29, 0.717) is 17.3 Å². The lowest BCUT2D eigenvalue weighted by Gasteiger charge is -2.24. The van der Waals surface area contributed by atoms with Crippen molar-refractivity contribution in [3.63, 3.8) is 0 Å². The molecule has 0 spiro atoms. The van der Waals surface area contributed by atoms with E-state index in [-0.39, 0.29) is 35.2 Å². The Labute approximate surface area is 244 Å². The average Bonchev–Trinajstić information content (AvgIpc) is 3.58. The van der Waals surface area contributed by atoms with Gasteiger partial charge in [0, 0.05) is 42.5 Å². The molecule has 14 heteroatoms. The molecule has 0 aromatic heterocycles. The smallest absolute Gasteiger partial charge is 0.416 e. The number of hydrogen-bond donors (Lipinski definition) is 2. The summed E-state index contributed by atoms with van der Waals surface area (Å²) in [5.41, 5.74) is -0.762. The molecule has 2 aromatic carbocycles. The molecule has 2 fully saturated rings. The molecule has 0 amide bonds. The fourth-order valence-corrected chi connectivity index (χ4v) is 6.70. The van der Waals surface area contributed by atoms with Crippen molar-refractivity contribution >= 4 is 31.3 Å². The molecule has 0 aliphatic carbocycles. The molecule has 0 radical (unpaired) electrons. The number of alkyl halides is 3. The van der Waals surface area contributed by atoms with E-state index >= 15 is 0 Å². The largest absolute Gasteiger partial charge is 0.489 e. The van der Waals surface area contributed by atoms with Crippen molar-refractivity contribution in [2.45, 2.75) is 31.2 Å². The van der Waals surface area contributed by atoms with Gasteiger partial charge in [0.25, 0.3) is 0 Å². The van der Waals surface area contributed by atoms with Gasteiger partial charge in [0.15, 0.2) is 19.7 Å². The predicted molar refractivity (Wildman–Crippen MR) is 153 cm³/mol. The van der Waals surface area contributed by atoms with Gasteiger partial charge >= 0.3 is 6.18 Å². The Morgan fingerprint density at radius 1 is 0.780 bits per heavy atom. The maximum Gasteiger partial charge on any atom is 0.416 e. The van der Waals surface area contributed by atoms with Crippen LogP contribution in [-0.4, -0.2) is 79.2 Å². The third kappa shape index (κ3) is 12.0. The third-order valence-electron chi connectivity index (χ3n) is 6.75.